The highest BCUT2D eigenvalue weighted by atomic mass is 32.2. The first-order chi connectivity index (χ1) is 3.18. The van der Waals surface area contributed by atoms with E-state index in [-0.39, 0.29) is 4.99 Å². The fraction of sp³-hybridized carbons (Fsp3) is 0.667. The van der Waals surface area contributed by atoms with Crippen LogP contribution in [0.3, 0.4) is 0 Å². The molecule has 0 amide bonds. The standard InChI is InChI=1S/C3H7NO2S/c1-2-3(4)7(5)6/h2,4H2,1H3. The minimum Gasteiger partial charge on any atom is -0.293 e. The SMILES string of the molecule is CCC(N)=S(=O)=O. The van der Waals surface area contributed by atoms with Crippen LogP contribution >= 0.6 is 0 Å². The Morgan fingerprint density at radius 1 is 1.71 bits per heavy atom. The molecule has 0 atom stereocenters. The van der Waals surface area contributed by atoms with Crippen LogP contribution in [0.4, 0.5) is 0 Å². The van der Waals surface area contributed by atoms with Crippen molar-refractivity contribution in [2.24, 2.45) is 5.73 Å². The van der Waals surface area contributed by atoms with Gasteiger partial charge in [-0.25, -0.2) is 0 Å². The van der Waals surface area contributed by atoms with E-state index >= 15 is 0 Å². The molecule has 0 aromatic carbocycles. The summed E-state index contributed by atoms with van der Waals surface area (Å²) >= 11 is 0. The van der Waals surface area contributed by atoms with Crippen LogP contribution in [-0.2, 0) is 10.3 Å². The molecule has 42 valence electrons. The molecule has 2 N–H and O–H groups in total. The predicted molar refractivity (Wildman–Crippen MR) is 28.4 cm³/mol. The Morgan fingerprint density at radius 3 is 2.14 bits per heavy atom. The minimum absolute atomic E-state index is 0.0139. The molecule has 0 rings (SSSR count). The maximum absolute atomic E-state index is 9.77. The highest BCUT2D eigenvalue weighted by molar-refractivity contribution is 7.72. The molecule has 0 saturated carbocycles. The number of hydrogen-bond donors (Lipinski definition) is 1. The van der Waals surface area contributed by atoms with Crippen molar-refractivity contribution in [3.8, 4) is 0 Å². The molecule has 0 aromatic rings. The molecule has 3 nitrogen and oxygen atoms in total. The highest BCUT2D eigenvalue weighted by Gasteiger charge is 1.82. The number of hydrogen-bond acceptors (Lipinski definition) is 2. The van der Waals surface area contributed by atoms with Crippen LogP contribution in [0.15, 0.2) is 0 Å². The van der Waals surface area contributed by atoms with Gasteiger partial charge < -0.3 is 0 Å². The Bertz CT molecular complexity index is 159. The van der Waals surface area contributed by atoms with Gasteiger partial charge in [-0.15, -0.1) is 0 Å². The van der Waals surface area contributed by atoms with Gasteiger partial charge in [0.2, 0.25) is 10.3 Å². The molecule has 0 radical (unpaired) electrons. The van der Waals surface area contributed by atoms with E-state index in [2.05, 4.69) is 0 Å². The molecule has 0 unspecified atom stereocenters. The fourth-order valence-corrected chi connectivity index (χ4v) is 0.354. The number of rotatable bonds is 1. The summed E-state index contributed by atoms with van der Waals surface area (Å²) in [5.41, 5.74) is 4.92. The summed E-state index contributed by atoms with van der Waals surface area (Å²) in [7, 11) is -2.17. The molecule has 0 aliphatic heterocycles. The van der Waals surface area contributed by atoms with Crippen molar-refractivity contribution in [3.63, 3.8) is 0 Å². The third-order valence-electron chi connectivity index (χ3n) is 0.563. The normalized spacial score (nSPS) is 8.29. The summed E-state index contributed by atoms with van der Waals surface area (Å²) in [6.07, 6.45) is 0.399. The van der Waals surface area contributed by atoms with Crippen molar-refractivity contribution < 1.29 is 8.42 Å². The summed E-state index contributed by atoms with van der Waals surface area (Å²) in [5.74, 6) is 0. The first kappa shape index (κ1) is 6.65. The summed E-state index contributed by atoms with van der Waals surface area (Å²) in [4.78, 5) is 0.0139. The summed E-state index contributed by atoms with van der Waals surface area (Å²) < 4.78 is 19.5. The lowest BCUT2D eigenvalue weighted by atomic mass is 10.5. The van der Waals surface area contributed by atoms with Gasteiger partial charge in [0.1, 0.15) is 4.99 Å². The Balaban J connectivity index is 4.33. The van der Waals surface area contributed by atoms with E-state index in [4.69, 9.17) is 5.73 Å². The summed E-state index contributed by atoms with van der Waals surface area (Å²) in [6, 6.07) is 0. The Kier molecular flexibility index (Phi) is 2.62. The van der Waals surface area contributed by atoms with Crippen LogP contribution in [0.25, 0.3) is 0 Å². The maximum atomic E-state index is 9.77. The van der Waals surface area contributed by atoms with Gasteiger partial charge >= 0.3 is 0 Å². The van der Waals surface area contributed by atoms with E-state index in [1.165, 1.54) is 0 Å². The molecule has 0 saturated heterocycles. The zero-order chi connectivity index (χ0) is 5.86. The lowest BCUT2D eigenvalue weighted by Crippen LogP contribution is -2.09. The molecule has 0 aromatic heterocycles. The monoisotopic (exact) mass is 121 g/mol. The lowest BCUT2D eigenvalue weighted by molar-refractivity contribution is 0.626. The predicted octanol–water partition coefficient (Wildman–Crippen LogP) is -0.636. The van der Waals surface area contributed by atoms with Gasteiger partial charge in [0.05, 0.1) is 0 Å². The Morgan fingerprint density at radius 2 is 2.14 bits per heavy atom. The summed E-state index contributed by atoms with van der Waals surface area (Å²) in [6.45, 7) is 1.69. The molecule has 4 heteroatoms. The topological polar surface area (TPSA) is 60.2 Å². The first-order valence-corrected chi connectivity index (χ1v) is 2.96. The molecule has 0 aliphatic rings. The quantitative estimate of drug-likeness (QED) is 0.469. The molecule has 0 spiro atoms. The minimum atomic E-state index is -2.17. The van der Waals surface area contributed by atoms with Crippen LogP contribution in [0.5, 0.6) is 0 Å². The average Bonchev–Trinajstić information content (AvgIpc) is 1.65. The zero-order valence-corrected chi connectivity index (χ0v) is 4.83. The third-order valence-corrected chi connectivity index (χ3v) is 1.28. The number of nitrogens with two attached hydrogens (primary N) is 1. The summed E-state index contributed by atoms with van der Waals surface area (Å²) in [5, 5.41) is 0. The van der Waals surface area contributed by atoms with Crippen molar-refractivity contribution in [3.05, 3.63) is 0 Å². The van der Waals surface area contributed by atoms with Gasteiger partial charge in [-0.3, -0.25) is 5.73 Å². The van der Waals surface area contributed by atoms with E-state index in [0.717, 1.165) is 0 Å². The van der Waals surface area contributed by atoms with Crippen molar-refractivity contribution in [1.82, 2.24) is 0 Å². The lowest BCUT2D eigenvalue weighted by Gasteiger charge is -1.77. The second-order valence-corrected chi connectivity index (χ2v) is 2.05. The first-order valence-electron chi connectivity index (χ1n) is 1.89. The largest absolute Gasteiger partial charge is 0.293 e. The van der Waals surface area contributed by atoms with E-state index in [1.807, 2.05) is 0 Å². The second-order valence-electron chi connectivity index (χ2n) is 1.05. The van der Waals surface area contributed by atoms with Gasteiger partial charge in [0.15, 0.2) is 0 Å². The van der Waals surface area contributed by atoms with Crippen molar-refractivity contribution in [2.45, 2.75) is 13.3 Å². The molecule has 0 fully saturated rings. The Hall–Kier alpha value is -0.350. The molecule has 0 bridgehead atoms. The second kappa shape index (κ2) is 2.76. The van der Waals surface area contributed by atoms with E-state index in [0.29, 0.717) is 6.42 Å². The van der Waals surface area contributed by atoms with Gasteiger partial charge in [0.25, 0.3) is 0 Å². The maximum Gasteiger partial charge on any atom is 0.227 e. The van der Waals surface area contributed by atoms with E-state index in [1.54, 1.807) is 6.92 Å². The zero-order valence-electron chi connectivity index (χ0n) is 4.01. The smallest absolute Gasteiger partial charge is 0.227 e. The van der Waals surface area contributed by atoms with Gasteiger partial charge in [-0.2, -0.15) is 8.42 Å². The van der Waals surface area contributed by atoms with Crippen LogP contribution in [0.2, 0.25) is 0 Å². The van der Waals surface area contributed by atoms with Gasteiger partial charge in [-0.05, 0) is 6.42 Å². The van der Waals surface area contributed by atoms with Crippen molar-refractivity contribution in [2.75, 3.05) is 0 Å². The third kappa shape index (κ3) is 2.36. The average molecular weight is 121 g/mol. The Labute approximate surface area is 43.7 Å². The van der Waals surface area contributed by atoms with Gasteiger partial charge in [-0.1, -0.05) is 6.92 Å². The molecular formula is C3H7NO2S. The highest BCUT2D eigenvalue weighted by Crippen LogP contribution is 1.67. The van der Waals surface area contributed by atoms with Gasteiger partial charge in [0, 0.05) is 0 Å². The molecule has 7 heavy (non-hydrogen) atoms. The van der Waals surface area contributed by atoms with E-state index < -0.39 is 10.3 Å². The fourth-order valence-electron chi connectivity index (χ4n) is 0.118. The van der Waals surface area contributed by atoms with Crippen molar-refractivity contribution >= 4 is 15.3 Å². The molecular weight excluding hydrogens is 114 g/mol. The van der Waals surface area contributed by atoms with E-state index in [9.17, 15) is 8.42 Å². The van der Waals surface area contributed by atoms with Crippen LogP contribution < -0.4 is 5.73 Å². The van der Waals surface area contributed by atoms with Crippen LogP contribution in [0, 0.1) is 0 Å². The van der Waals surface area contributed by atoms with Crippen LogP contribution in [0.1, 0.15) is 13.3 Å². The van der Waals surface area contributed by atoms with Crippen molar-refractivity contribution in [1.29, 1.82) is 0 Å². The molecule has 0 aliphatic carbocycles. The van der Waals surface area contributed by atoms with Crippen LogP contribution in [-0.4, -0.2) is 13.4 Å². The molecule has 0 heterocycles.